The molecule has 25 heavy (non-hydrogen) atoms. The van der Waals surface area contributed by atoms with Gasteiger partial charge in [-0.05, 0) is 54.8 Å². The van der Waals surface area contributed by atoms with Crippen LogP contribution < -0.4 is 10.0 Å². The van der Waals surface area contributed by atoms with E-state index in [-0.39, 0.29) is 4.90 Å². The molecule has 128 valence electrons. The molecule has 1 aliphatic heterocycles. The number of pyridine rings is 1. The number of hydrogen-bond acceptors (Lipinski definition) is 4. The first kappa shape index (κ1) is 16.1. The number of hydrogen-bond donors (Lipinski definition) is 2. The zero-order valence-electron chi connectivity index (χ0n) is 13.7. The molecule has 6 heteroatoms. The van der Waals surface area contributed by atoms with Gasteiger partial charge in [0.05, 0.1) is 5.52 Å². The van der Waals surface area contributed by atoms with Crippen LogP contribution in [0.3, 0.4) is 0 Å². The van der Waals surface area contributed by atoms with Crippen LogP contribution in [0.4, 0.5) is 5.69 Å². The van der Waals surface area contributed by atoms with Crippen molar-refractivity contribution in [2.45, 2.75) is 24.3 Å². The van der Waals surface area contributed by atoms with Crippen molar-refractivity contribution >= 4 is 26.6 Å². The summed E-state index contributed by atoms with van der Waals surface area (Å²) < 4.78 is 28.5. The van der Waals surface area contributed by atoms with Crippen molar-refractivity contribution in [3.05, 3.63) is 65.9 Å². The number of para-hydroxylation sites is 1. The summed E-state index contributed by atoms with van der Waals surface area (Å²) in [6.07, 6.45) is 3.72. The first-order chi connectivity index (χ1) is 12.1. The summed E-state index contributed by atoms with van der Waals surface area (Å²) in [4.78, 5) is 4.44. The summed E-state index contributed by atoms with van der Waals surface area (Å²) >= 11 is 0. The Kier molecular flexibility index (Phi) is 4.15. The van der Waals surface area contributed by atoms with Gasteiger partial charge in [-0.2, -0.15) is 0 Å². The predicted molar refractivity (Wildman–Crippen MR) is 99.0 cm³/mol. The number of aromatic nitrogens is 1. The second kappa shape index (κ2) is 6.46. The molecule has 0 aliphatic carbocycles. The van der Waals surface area contributed by atoms with Crippen LogP contribution in [-0.4, -0.2) is 19.9 Å². The van der Waals surface area contributed by atoms with Gasteiger partial charge in [0, 0.05) is 23.8 Å². The molecular formula is C19H19N3O2S. The van der Waals surface area contributed by atoms with Crippen LogP contribution in [0.5, 0.6) is 0 Å². The number of rotatable bonds is 3. The van der Waals surface area contributed by atoms with Crippen molar-refractivity contribution in [1.82, 2.24) is 10.3 Å². The Bertz CT molecular complexity index is 1030. The van der Waals surface area contributed by atoms with E-state index in [9.17, 15) is 8.42 Å². The van der Waals surface area contributed by atoms with Gasteiger partial charge < -0.3 is 5.32 Å². The van der Waals surface area contributed by atoms with Crippen LogP contribution in [0.2, 0.25) is 0 Å². The lowest BCUT2D eigenvalue weighted by molar-refractivity contribution is 0.602. The summed E-state index contributed by atoms with van der Waals surface area (Å²) in [5.41, 5.74) is 3.48. The third kappa shape index (κ3) is 3.23. The van der Waals surface area contributed by atoms with Crippen LogP contribution in [0.25, 0.3) is 10.9 Å². The van der Waals surface area contributed by atoms with Gasteiger partial charge in [0.1, 0.15) is 4.90 Å². The molecule has 0 saturated heterocycles. The van der Waals surface area contributed by atoms with Crippen molar-refractivity contribution in [2.75, 3.05) is 11.3 Å². The molecule has 2 heterocycles. The van der Waals surface area contributed by atoms with Gasteiger partial charge in [0.25, 0.3) is 10.0 Å². The van der Waals surface area contributed by atoms with E-state index >= 15 is 0 Å². The summed E-state index contributed by atoms with van der Waals surface area (Å²) in [6.45, 7) is 1.75. The normalized spacial score (nSPS) is 14.7. The third-order valence-electron chi connectivity index (χ3n) is 4.46. The van der Waals surface area contributed by atoms with E-state index in [0.717, 1.165) is 36.9 Å². The van der Waals surface area contributed by atoms with Crippen molar-refractivity contribution in [2.24, 2.45) is 0 Å². The lowest BCUT2D eigenvalue weighted by Gasteiger charge is -2.12. The molecule has 0 bridgehead atoms. The van der Waals surface area contributed by atoms with E-state index in [1.807, 2.05) is 30.3 Å². The minimum absolute atomic E-state index is 0.193. The molecule has 0 atom stereocenters. The number of aryl methyl sites for hydroxylation is 1. The standard InChI is InChI=1S/C19H19N3O2S/c23-25(24,18-7-1-4-15-6-3-11-21-19(15)18)22-17-9-8-14-5-2-10-20-13-16(14)12-17/h1,3-4,6-9,11-12,20,22H,2,5,10,13H2. The third-order valence-corrected chi connectivity index (χ3v) is 5.87. The fraction of sp³-hybridized carbons (Fsp3) is 0.211. The Hall–Kier alpha value is -2.44. The minimum Gasteiger partial charge on any atom is -0.313 e. The summed E-state index contributed by atoms with van der Waals surface area (Å²) in [7, 11) is -3.71. The van der Waals surface area contributed by atoms with Gasteiger partial charge >= 0.3 is 0 Å². The molecule has 3 aromatic rings. The molecule has 0 spiro atoms. The molecule has 2 N–H and O–H groups in total. The first-order valence-electron chi connectivity index (χ1n) is 8.32. The van der Waals surface area contributed by atoms with Gasteiger partial charge in [0.15, 0.2) is 0 Å². The molecular weight excluding hydrogens is 334 g/mol. The Morgan fingerprint density at radius 2 is 1.92 bits per heavy atom. The maximum absolute atomic E-state index is 12.9. The maximum atomic E-state index is 12.9. The maximum Gasteiger partial charge on any atom is 0.264 e. The molecule has 1 aliphatic rings. The van der Waals surface area contributed by atoms with Gasteiger partial charge in [-0.1, -0.05) is 24.3 Å². The number of benzene rings is 2. The lowest BCUT2D eigenvalue weighted by atomic mass is 10.0. The zero-order valence-corrected chi connectivity index (χ0v) is 14.5. The highest BCUT2D eigenvalue weighted by molar-refractivity contribution is 7.93. The van der Waals surface area contributed by atoms with Crippen LogP contribution in [0.1, 0.15) is 17.5 Å². The van der Waals surface area contributed by atoms with Crippen molar-refractivity contribution in [3.63, 3.8) is 0 Å². The molecule has 2 aromatic carbocycles. The molecule has 0 saturated carbocycles. The van der Waals surface area contributed by atoms with Gasteiger partial charge in [-0.3, -0.25) is 9.71 Å². The molecule has 0 amide bonds. The zero-order chi connectivity index (χ0) is 17.3. The summed E-state index contributed by atoms with van der Waals surface area (Å²) in [5, 5.41) is 4.16. The largest absolute Gasteiger partial charge is 0.313 e. The lowest BCUT2D eigenvalue weighted by Crippen LogP contribution is -2.15. The monoisotopic (exact) mass is 353 g/mol. The summed E-state index contributed by atoms with van der Waals surface area (Å²) in [5.74, 6) is 0. The van der Waals surface area contributed by atoms with E-state index in [2.05, 4.69) is 15.0 Å². The number of nitrogens with one attached hydrogen (secondary N) is 2. The van der Waals surface area contributed by atoms with Crippen molar-refractivity contribution in [1.29, 1.82) is 0 Å². The topological polar surface area (TPSA) is 71.1 Å². The number of nitrogens with zero attached hydrogens (tertiary/aromatic N) is 1. The number of sulfonamides is 1. The SMILES string of the molecule is O=S(=O)(Nc1ccc2c(c1)CNCCC2)c1cccc2cccnc12. The van der Waals surface area contributed by atoms with Gasteiger partial charge in [0.2, 0.25) is 0 Å². The average molecular weight is 353 g/mol. The predicted octanol–water partition coefficient (Wildman–Crippen LogP) is 3.07. The van der Waals surface area contributed by atoms with Gasteiger partial charge in [-0.25, -0.2) is 8.42 Å². The molecule has 0 fully saturated rings. The fourth-order valence-corrected chi connectivity index (χ4v) is 4.46. The van der Waals surface area contributed by atoms with Crippen LogP contribution in [-0.2, 0) is 23.0 Å². The Labute approximate surface area is 147 Å². The Morgan fingerprint density at radius 1 is 1.04 bits per heavy atom. The second-order valence-corrected chi connectivity index (χ2v) is 7.85. The number of anilines is 1. The highest BCUT2D eigenvalue weighted by atomic mass is 32.2. The van der Waals surface area contributed by atoms with Crippen LogP contribution >= 0.6 is 0 Å². The minimum atomic E-state index is -3.71. The quantitative estimate of drug-likeness (QED) is 0.759. The van der Waals surface area contributed by atoms with E-state index in [1.54, 1.807) is 24.4 Å². The Morgan fingerprint density at radius 3 is 2.84 bits per heavy atom. The van der Waals surface area contributed by atoms with Crippen LogP contribution in [0, 0.1) is 0 Å². The molecule has 0 unspecified atom stereocenters. The average Bonchev–Trinajstić information content (AvgIpc) is 2.86. The Balaban J connectivity index is 1.71. The van der Waals surface area contributed by atoms with Gasteiger partial charge in [-0.15, -0.1) is 0 Å². The van der Waals surface area contributed by atoms with E-state index in [4.69, 9.17) is 0 Å². The highest BCUT2D eigenvalue weighted by Crippen LogP contribution is 2.25. The van der Waals surface area contributed by atoms with E-state index in [1.165, 1.54) is 5.56 Å². The first-order valence-corrected chi connectivity index (χ1v) is 9.81. The molecule has 4 rings (SSSR count). The van der Waals surface area contributed by atoms with E-state index < -0.39 is 10.0 Å². The highest BCUT2D eigenvalue weighted by Gasteiger charge is 2.19. The van der Waals surface area contributed by atoms with Crippen molar-refractivity contribution in [3.8, 4) is 0 Å². The molecule has 1 aromatic heterocycles. The van der Waals surface area contributed by atoms with Crippen molar-refractivity contribution < 1.29 is 8.42 Å². The second-order valence-electron chi connectivity index (χ2n) is 6.20. The fourth-order valence-electron chi connectivity index (χ4n) is 3.23. The van der Waals surface area contributed by atoms with Crippen LogP contribution in [0.15, 0.2) is 59.6 Å². The molecule has 0 radical (unpaired) electrons. The smallest absolute Gasteiger partial charge is 0.264 e. The summed E-state index contributed by atoms with van der Waals surface area (Å²) in [6, 6.07) is 14.6. The number of fused-ring (bicyclic) bond motifs is 2. The van der Waals surface area contributed by atoms with E-state index in [0.29, 0.717) is 11.2 Å². The molecule has 5 nitrogen and oxygen atoms in total.